The lowest BCUT2D eigenvalue weighted by molar-refractivity contribution is 0.141. The minimum absolute atomic E-state index is 0.479. The van der Waals surface area contributed by atoms with Crippen LogP contribution in [-0.4, -0.2) is 22.7 Å². The van der Waals surface area contributed by atoms with Gasteiger partial charge in [-0.2, -0.15) is 0 Å². The third-order valence-corrected chi connectivity index (χ3v) is 5.93. The highest BCUT2D eigenvalue weighted by atomic mass is 32.1. The van der Waals surface area contributed by atoms with Crippen LogP contribution in [0.2, 0.25) is 0 Å². The Hall–Kier alpha value is -1.43. The molecule has 1 aromatic carbocycles. The van der Waals surface area contributed by atoms with E-state index in [-0.39, 0.29) is 0 Å². The Morgan fingerprint density at radius 3 is 2.88 bits per heavy atom. The summed E-state index contributed by atoms with van der Waals surface area (Å²) in [6, 6.07) is 7.06. The second kappa shape index (κ2) is 8.30. The van der Waals surface area contributed by atoms with E-state index in [1.165, 1.54) is 29.7 Å². The van der Waals surface area contributed by atoms with Crippen molar-refractivity contribution in [1.29, 1.82) is 0 Å². The van der Waals surface area contributed by atoms with Gasteiger partial charge < -0.3 is 10.4 Å². The number of benzene rings is 1. The molecule has 136 valence electrons. The fraction of sp³-hybridized carbons (Fsp3) is 0.550. The molecule has 5 heteroatoms. The van der Waals surface area contributed by atoms with Crippen molar-refractivity contribution in [2.24, 2.45) is 0 Å². The summed E-state index contributed by atoms with van der Waals surface area (Å²) in [5.74, 6) is 0.542. The molecule has 1 aliphatic rings. The molecule has 1 heterocycles. The average molecular weight is 360 g/mol. The van der Waals surface area contributed by atoms with Crippen molar-refractivity contribution in [3.05, 3.63) is 46.0 Å². The van der Waals surface area contributed by atoms with Crippen LogP contribution in [0, 0.1) is 13.8 Å². The molecular weight excluding hydrogens is 330 g/mol. The molecular formula is C20H29N3OS. The predicted molar refractivity (Wildman–Crippen MR) is 105 cm³/mol. The first kappa shape index (κ1) is 18.4. The fourth-order valence-electron chi connectivity index (χ4n) is 3.73. The highest BCUT2D eigenvalue weighted by molar-refractivity contribution is 7.15. The Balaban J connectivity index is 1.71. The molecule has 25 heavy (non-hydrogen) atoms. The van der Waals surface area contributed by atoms with Crippen LogP contribution in [0.5, 0.6) is 0 Å². The molecule has 0 spiro atoms. The molecule has 3 unspecified atom stereocenters. The zero-order valence-electron chi connectivity index (χ0n) is 15.4. The lowest BCUT2D eigenvalue weighted by atomic mass is 9.80. The van der Waals surface area contributed by atoms with E-state index in [9.17, 15) is 5.11 Å². The Bertz CT molecular complexity index is 700. The Labute approximate surface area is 154 Å². The second-order valence-corrected chi connectivity index (χ2v) is 8.29. The number of hydrogen-bond donors (Lipinski definition) is 3. The lowest BCUT2D eigenvalue weighted by Crippen LogP contribution is -2.26. The first-order chi connectivity index (χ1) is 12.1. The summed E-state index contributed by atoms with van der Waals surface area (Å²) in [5, 5.41) is 18.1. The van der Waals surface area contributed by atoms with Crippen LogP contribution in [0.4, 0.5) is 5.13 Å². The highest BCUT2D eigenvalue weighted by Gasteiger charge is 2.24. The molecule has 0 radical (unpaired) electrons. The van der Waals surface area contributed by atoms with E-state index in [1.54, 1.807) is 11.3 Å². The molecule has 1 aliphatic carbocycles. The SMILES string of the molecule is CCNC(O)c1cc(C2CCCC(Nc3ncc(C)s3)C2)ccc1C. The second-order valence-electron chi connectivity index (χ2n) is 7.06. The molecule has 0 amide bonds. The Morgan fingerprint density at radius 2 is 2.16 bits per heavy atom. The maximum Gasteiger partial charge on any atom is 0.183 e. The number of hydrogen-bond acceptors (Lipinski definition) is 5. The van der Waals surface area contributed by atoms with E-state index < -0.39 is 6.23 Å². The fourth-order valence-corrected chi connectivity index (χ4v) is 4.47. The minimum Gasteiger partial charge on any atom is -0.374 e. The maximum atomic E-state index is 10.3. The average Bonchev–Trinajstić information content (AvgIpc) is 3.00. The van der Waals surface area contributed by atoms with Crippen LogP contribution in [0.3, 0.4) is 0 Å². The van der Waals surface area contributed by atoms with Crippen molar-refractivity contribution in [3.63, 3.8) is 0 Å². The van der Waals surface area contributed by atoms with Gasteiger partial charge in [-0.1, -0.05) is 31.5 Å². The topological polar surface area (TPSA) is 57.2 Å². The molecule has 1 saturated carbocycles. The first-order valence-corrected chi connectivity index (χ1v) is 10.1. The van der Waals surface area contributed by atoms with Crippen molar-refractivity contribution >= 4 is 16.5 Å². The number of rotatable bonds is 6. The number of aromatic nitrogens is 1. The van der Waals surface area contributed by atoms with Crippen LogP contribution < -0.4 is 10.6 Å². The summed E-state index contributed by atoms with van der Waals surface area (Å²) in [5.41, 5.74) is 3.49. The third-order valence-electron chi connectivity index (χ3n) is 5.09. The van der Waals surface area contributed by atoms with Gasteiger partial charge in [0.25, 0.3) is 0 Å². The smallest absolute Gasteiger partial charge is 0.183 e. The number of aryl methyl sites for hydroxylation is 2. The summed E-state index contributed by atoms with van der Waals surface area (Å²) in [6.07, 6.45) is 6.12. The molecule has 0 aliphatic heterocycles. The first-order valence-electron chi connectivity index (χ1n) is 9.27. The molecule has 3 atom stereocenters. The van der Waals surface area contributed by atoms with Gasteiger partial charge in [0.2, 0.25) is 0 Å². The number of thiazole rings is 1. The molecule has 1 aromatic heterocycles. The van der Waals surface area contributed by atoms with Gasteiger partial charge in [0.1, 0.15) is 6.23 Å². The minimum atomic E-state index is -0.583. The maximum absolute atomic E-state index is 10.3. The molecule has 2 aromatic rings. The van der Waals surface area contributed by atoms with Crippen LogP contribution in [-0.2, 0) is 0 Å². The van der Waals surface area contributed by atoms with E-state index in [4.69, 9.17) is 0 Å². The van der Waals surface area contributed by atoms with Crippen LogP contribution in [0.15, 0.2) is 24.4 Å². The van der Waals surface area contributed by atoms with Gasteiger partial charge in [0, 0.05) is 17.1 Å². The summed E-state index contributed by atoms with van der Waals surface area (Å²) in [4.78, 5) is 5.69. The zero-order chi connectivity index (χ0) is 17.8. The van der Waals surface area contributed by atoms with Gasteiger partial charge in [0.15, 0.2) is 5.13 Å². The monoisotopic (exact) mass is 359 g/mol. The lowest BCUT2D eigenvalue weighted by Gasteiger charge is -2.30. The van der Waals surface area contributed by atoms with Crippen molar-refractivity contribution < 1.29 is 5.11 Å². The van der Waals surface area contributed by atoms with E-state index in [1.807, 2.05) is 13.1 Å². The van der Waals surface area contributed by atoms with Crippen LogP contribution in [0.1, 0.15) is 66.3 Å². The summed E-state index contributed by atoms with van der Waals surface area (Å²) < 4.78 is 0. The predicted octanol–water partition coefficient (Wildman–Crippen LogP) is 4.50. The molecule has 0 saturated heterocycles. The number of nitrogens with zero attached hydrogens (tertiary/aromatic N) is 1. The van der Waals surface area contributed by atoms with Crippen LogP contribution >= 0.6 is 11.3 Å². The number of nitrogens with one attached hydrogen (secondary N) is 2. The largest absolute Gasteiger partial charge is 0.374 e. The summed E-state index contributed by atoms with van der Waals surface area (Å²) in [7, 11) is 0. The van der Waals surface area contributed by atoms with Gasteiger partial charge in [-0.25, -0.2) is 4.98 Å². The van der Waals surface area contributed by atoms with Crippen molar-refractivity contribution in [2.75, 3.05) is 11.9 Å². The Kier molecular flexibility index (Phi) is 6.10. The molecule has 3 rings (SSSR count). The van der Waals surface area contributed by atoms with E-state index >= 15 is 0 Å². The standard InChI is InChI=1S/C20H29N3OS/c1-4-21-19(24)18-11-16(9-8-13(18)2)15-6-5-7-17(10-15)23-20-22-12-14(3)25-20/h8-9,11-12,15,17,19,21,24H,4-7,10H2,1-3H3,(H,22,23). The molecule has 4 nitrogen and oxygen atoms in total. The van der Waals surface area contributed by atoms with Gasteiger partial charge in [0.05, 0.1) is 0 Å². The number of aliphatic hydroxyl groups excluding tert-OH is 1. The van der Waals surface area contributed by atoms with Gasteiger partial charge >= 0.3 is 0 Å². The zero-order valence-corrected chi connectivity index (χ0v) is 16.2. The summed E-state index contributed by atoms with van der Waals surface area (Å²) >= 11 is 1.73. The normalized spacial score (nSPS) is 21.9. The number of anilines is 1. The van der Waals surface area contributed by atoms with Gasteiger partial charge in [-0.3, -0.25) is 5.32 Å². The van der Waals surface area contributed by atoms with E-state index in [0.717, 1.165) is 29.2 Å². The van der Waals surface area contributed by atoms with E-state index in [2.05, 4.69) is 47.7 Å². The van der Waals surface area contributed by atoms with Crippen molar-refractivity contribution in [3.8, 4) is 0 Å². The van der Waals surface area contributed by atoms with Gasteiger partial charge in [-0.15, -0.1) is 11.3 Å². The summed E-state index contributed by atoms with van der Waals surface area (Å²) in [6.45, 7) is 6.93. The quantitative estimate of drug-likeness (QED) is 0.665. The van der Waals surface area contributed by atoms with Crippen LogP contribution in [0.25, 0.3) is 0 Å². The third kappa shape index (κ3) is 4.60. The molecule has 0 bridgehead atoms. The van der Waals surface area contributed by atoms with Crippen molar-refractivity contribution in [2.45, 2.75) is 64.6 Å². The molecule has 1 fully saturated rings. The molecule has 3 N–H and O–H groups in total. The van der Waals surface area contributed by atoms with Crippen molar-refractivity contribution in [1.82, 2.24) is 10.3 Å². The van der Waals surface area contributed by atoms with E-state index in [0.29, 0.717) is 12.0 Å². The van der Waals surface area contributed by atoms with Gasteiger partial charge in [-0.05, 0) is 62.3 Å². The highest BCUT2D eigenvalue weighted by Crippen LogP contribution is 2.36. The number of aliphatic hydroxyl groups is 1. The Morgan fingerprint density at radius 1 is 1.32 bits per heavy atom.